The molecule has 0 radical (unpaired) electrons. The maximum Gasteiger partial charge on any atom is 0.274 e. The predicted molar refractivity (Wildman–Crippen MR) is 97.9 cm³/mol. The first kappa shape index (κ1) is 19.0. The van der Waals surface area contributed by atoms with E-state index in [1.165, 1.54) is 17.0 Å². The topological polar surface area (TPSA) is 116 Å². The van der Waals surface area contributed by atoms with Crippen molar-refractivity contribution in [3.05, 3.63) is 59.2 Å². The van der Waals surface area contributed by atoms with Gasteiger partial charge in [0.05, 0.1) is 18.0 Å². The molecule has 0 bridgehead atoms. The third-order valence-electron chi connectivity index (χ3n) is 4.18. The van der Waals surface area contributed by atoms with Crippen molar-refractivity contribution < 1.29 is 28.3 Å². The van der Waals surface area contributed by atoms with Crippen LogP contribution < -0.4 is 15.1 Å². The Labute approximate surface area is 158 Å². The number of hydrogen-bond acceptors (Lipinski definition) is 5. The van der Waals surface area contributed by atoms with Crippen LogP contribution in [-0.4, -0.2) is 31.9 Å². The molecule has 3 rings (SSSR count). The van der Waals surface area contributed by atoms with Crippen molar-refractivity contribution in [3.8, 4) is 5.75 Å². The summed E-state index contributed by atoms with van der Waals surface area (Å²) in [6.45, 7) is 1.89. The molecule has 0 aromatic heterocycles. The molecule has 0 saturated carbocycles. The molecule has 3 N–H and O–H groups in total. The molecule has 2 unspecified atom stereocenters. The van der Waals surface area contributed by atoms with E-state index in [0.717, 1.165) is 5.56 Å². The van der Waals surface area contributed by atoms with Crippen molar-refractivity contribution in [2.75, 3.05) is 4.90 Å². The quantitative estimate of drug-likeness (QED) is 0.408. The summed E-state index contributed by atoms with van der Waals surface area (Å²) < 4.78 is 25.4. The van der Waals surface area contributed by atoms with Crippen LogP contribution >= 0.6 is 0 Å². The Bertz CT molecular complexity index is 899. The Morgan fingerprint density at radius 2 is 1.89 bits per heavy atom. The second-order valence-electron chi connectivity index (χ2n) is 6.09. The highest BCUT2D eigenvalue weighted by Crippen LogP contribution is 2.36. The molecule has 1 aliphatic heterocycles. The predicted octanol–water partition coefficient (Wildman–Crippen LogP) is 1.84. The zero-order valence-corrected chi connectivity index (χ0v) is 15.2. The van der Waals surface area contributed by atoms with Gasteiger partial charge in [-0.3, -0.25) is 14.8 Å². The molecule has 2 aromatic carbocycles. The van der Waals surface area contributed by atoms with Gasteiger partial charge in [-0.2, -0.15) is 0 Å². The molecule has 1 aliphatic rings. The second-order valence-corrected chi connectivity index (χ2v) is 7.02. The molecule has 0 aliphatic carbocycles. The number of rotatable bonds is 5. The number of hydroxylamine groups is 1. The molecule has 0 saturated heterocycles. The summed E-state index contributed by atoms with van der Waals surface area (Å²) in [6, 6.07) is 11.6. The van der Waals surface area contributed by atoms with Gasteiger partial charge in [-0.15, -0.1) is 0 Å². The maximum absolute atomic E-state index is 12.6. The lowest BCUT2D eigenvalue weighted by molar-refractivity contribution is -0.125. The number of benzene rings is 2. The van der Waals surface area contributed by atoms with E-state index in [9.17, 15) is 13.8 Å². The number of carbonyl (C=O) groups excluding carboxylic acids is 2. The average molecular weight is 390 g/mol. The zero-order valence-electron chi connectivity index (χ0n) is 14.4. The molecule has 142 valence electrons. The van der Waals surface area contributed by atoms with Gasteiger partial charge in [0.15, 0.2) is 17.2 Å². The molecule has 2 atom stereocenters. The van der Waals surface area contributed by atoms with Crippen LogP contribution in [0.15, 0.2) is 42.5 Å². The number of fused-ring (bicyclic) bond motifs is 1. The molecule has 2 amide bonds. The number of anilines is 1. The van der Waals surface area contributed by atoms with Crippen molar-refractivity contribution in [1.29, 1.82) is 0 Å². The van der Waals surface area contributed by atoms with E-state index in [0.29, 0.717) is 17.0 Å². The van der Waals surface area contributed by atoms with Gasteiger partial charge >= 0.3 is 0 Å². The number of nitrogens with one attached hydrogen (secondary N) is 1. The number of ether oxygens (including phenoxy) is 1. The molecule has 27 heavy (non-hydrogen) atoms. The molecule has 1 heterocycles. The second kappa shape index (κ2) is 7.87. The fourth-order valence-electron chi connectivity index (χ4n) is 2.84. The van der Waals surface area contributed by atoms with Gasteiger partial charge in [0.1, 0.15) is 5.75 Å². The lowest BCUT2D eigenvalue weighted by Crippen LogP contribution is -2.44. The molecular formula is C18H18N2O6S. The van der Waals surface area contributed by atoms with Crippen LogP contribution in [0.3, 0.4) is 0 Å². The maximum atomic E-state index is 12.6. The van der Waals surface area contributed by atoms with Crippen molar-refractivity contribution in [1.82, 2.24) is 5.48 Å². The highest BCUT2D eigenvalue weighted by atomic mass is 32.2. The molecule has 0 spiro atoms. The van der Waals surface area contributed by atoms with Crippen molar-refractivity contribution in [2.45, 2.75) is 25.3 Å². The molecule has 2 aromatic rings. The first-order chi connectivity index (χ1) is 12.9. The van der Waals surface area contributed by atoms with Gasteiger partial charge in [-0.1, -0.05) is 24.3 Å². The fraction of sp³-hybridized carbons (Fsp3) is 0.222. The zero-order chi connectivity index (χ0) is 19.6. The van der Waals surface area contributed by atoms with E-state index in [1.54, 1.807) is 42.7 Å². The van der Waals surface area contributed by atoms with E-state index >= 15 is 0 Å². The van der Waals surface area contributed by atoms with E-state index in [2.05, 4.69) is 0 Å². The van der Waals surface area contributed by atoms with E-state index < -0.39 is 23.1 Å². The van der Waals surface area contributed by atoms with Crippen LogP contribution in [0.5, 0.6) is 5.75 Å². The first-order valence-electron chi connectivity index (χ1n) is 8.11. The Morgan fingerprint density at radius 1 is 1.22 bits per heavy atom. The van der Waals surface area contributed by atoms with Crippen LogP contribution in [0.25, 0.3) is 0 Å². The summed E-state index contributed by atoms with van der Waals surface area (Å²) in [5.41, 5.74) is 3.71. The third kappa shape index (κ3) is 4.16. The Kier molecular flexibility index (Phi) is 5.54. The highest BCUT2D eigenvalue weighted by molar-refractivity contribution is 7.78. The SMILES string of the molecule is CC1Oc2ccc(C(=O)NO)cc2N(Cc2ccc(CS(=O)O)cc2)C1=O. The van der Waals surface area contributed by atoms with Gasteiger partial charge in [0.2, 0.25) is 0 Å². The number of nitrogens with zero attached hydrogens (tertiary/aromatic N) is 1. The standard InChI is InChI=1S/C18H18N2O6S/c1-11-18(22)20(9-12-2-4-13(5-3-12)10-27(24)25)15-8-14(17(21)19-23)6-7-16(15)26-11/h2-8,11,23H,9-10H2,1H3,(H,19,21)(H,24,25). The van der Waals surface area contributed by atoms with Crippen molar-refractivity contribution in [2.24, 2.45) is 0 Å². The summed E-state index contributed by atoms with van der Waals surface area (Å²) in [5, 5.41) is 8.82. The van der Waals surface area contributed by atoms with E-state index in [4.69, 9.17) is 14.5 Å². The summed E-state index contributed by atoms with van der Waals surface area (Å²) in [7, 11) is 0. The first-order valence-corrected chi connectivity index (χ1v) is 9.38. The molecule has 9 heteroatoms. The summed E-state index contributed by atoms with van der Waals surface area (Å²) in [4.78, 5) is 25.8. The molecular weight excluding hydrogens is 372 g/mol. The van der Waals surface area contributed by atoms with Crippen LogP contribution in [0.4, 0.5) is 5.69 Å². The van der Waals surface area contributed by atoms with Gasteiger partial charge in [0.25, 0.3) is 11.8 Å². The van der Waals surface area contributed by atoms with Crippen LogP contribution in [0.2, 0.25) is 0 Å². The van der Waals surface area contributed by atoms with Crippen LogP contribution in [-0.2, 0) is 28.2 Å². The molecule has 8 nitrogen and oxygen atoms in total. The fourth-order valence-corrected chi connectivity index (χ4v) is 3.32. The Balaban J connectivity index is 1.91. The smallest absolute Gasteiger partial charge is 0.274 e. The number of hydrogen-bond donors (Lipinski definition) is 3. The lowest BCUT2D eigenvalue weighted by Gasteiger charge is -2.33. The Hall–Kier alpha value is -2.75. The van der Waals surface area contributed by atoms with Gasteiger partial charge in [0, 0.05) is 5.56 Å². The highest BCUT2D eigenvalue weighted by Gasteiger charge is 2.32. The summed E-state index contributed by atoms with van der Waals surface area (Å²) in [6.07, 6.45) is -0.675. The monoisotopic (exact) mass is 390 g/mol. The van der Waals surface area contributed by atoms with Gasteiger partial charge < -0.3 is 14.2 Å². The van der Waals surface area contributed by atoms with Crippen molar-refractivity contribution >= 4 is 28.6 Å². The van der Waals surface area contributed by atoms with E-state index in [1.807, 2.05) is 0 Å². The minimum Gasteiger partial charge on any atom is -0.479 e. The number of amides is 2. The van der Waals surface area contributed by atoms with Gasteiger partial charge in [-0.25, -0.2) is 9.69 Å². The summed E-state index contributed by atoms with van der Waals surface area (Å²) in [5.74, 6) is -0.449. The number of carbonyl (C=O) groups is 2. The lowest BCUT2D eigenvalue weighted by atomic mass is 10.1. The normalized spacial score (nSPS) is 17.1. The van der Waals surface area contributed by atoms with E-state index in [-0.39, 0.29) is 23.8 Å². The summed E-state index contributed by atoms with van der Waals surface area (Å²) >= 11 is -1.92. The largest absolute Gasteiger partial charge is 0.479 e. The van der Waals surface area contributed by atoms with Gasteiger partial charge in [-0.05, 0) is 36.2 Å². The average Bonchev–Trinajstić information content (AvgIpc) is 2.65. The third-order valence-corrected chi connectivity index (χ3v) is 4.77. The Morgan fingerprint density at radius 3 is 2.52 bits per heavy atom. The van der Waals surface area contributed by atoms with Crippen molar-refractivity contribution in [3.63, 3.8) is 0 Å². The molecule has 0 fully saturated rings. The van der Waals surface area contributed by atoms with Crippen LogP contribution in [0, 0.1) is 0 Å². The minimum atomic E-state index is -1.92. The minimum absolute atomic E-state index is 0.0380. The van der Waals surface area contributed by atoms with Crippen LogP contribution in [0.1, 0.15) is 28.4 Å².